The Labute approximate surface area is 149 Å². The Hall–Kier alpha value is -1.49. The number of rotatable bonds is 5. The Morgan fingerprint density at radius 1 is 0.957 bits per heavy atom. The number of hydrogen-bond donors (Lipinski definition) is 0. The van der Waals surface area contributed by atoms with Gasteiger partial charge in [-0.25, -0.2) is 0 Å². The highest BCUT2D eigenvalue weighted by atomic mass is 35.5. The van der Waals surface area contributed by atoms with Crippen molar-refractivity contribution < 1.29 is 0 Å². The fraction of sp³-hybridized carbons (Fsp3) is 0.176. The third-order valence-corrected chi connectivity index (χ3v) is 5.31. The minimum absolute atomic E-state index is 0.573. The second-order valence-corrected chi connectivity index (χ2v) is 6.91. The Bertz CT molecular complexity index is 803. The fourth-order valence-electron chi connectivity index (χ4n) is 2.18. The zero-order chi connectivity index (χ0) is 16.2. The van der Waals surface area contributed by atoms with Gasteiger partial charge >= 0.3 is 0 Å². The standard InChI is InChI=1S/C17H15Cl2N3S/c1-22-16(10-12-5-3-2-4-6-12)20-21-17(22)23-11-13-7-8-14(18)15(19)9-13/h2-9H,10-11H2,1H3. The summed E-state index contributed by atoms with van der Waals surface area (Å²) in [6.45, 7) is 0. The average Bonchev–Trinajstić information content (AvgIpc) is 2.90. The summed E-state index contributed by atoms with van der Waals surface area (Å²) in [6.07, 6.45) is 0.775. The lowest BCUT2D eigenvalue weighted by Gasteiger charge is -2.05. The van der Waals surface area contributed by atoms with E-state index >= 15 is 0 Å². The molecule has 0 spiro atoms. The molecule has 3 aromatic rings. The summed E-state index contributed by atoms with van der Waals surface area (Å²) >= 11 is 13.6. The van der Waals surface area contributed by atoms with Crippen LogP contribution in [-0.2, 0) is 19.2 Å². The molecule has 0 saturated heterocycles. The molecule has 0 saturated carbocycles. The summed E-state index contributed by atoms with van der Waals surface area (Å²) in [7, 11) is 2.00. The molecule has 2 aromatic carbocycles. The lowest BCUT2D eigenvalue weighted by molar-refractivity contribution is 0.749. The van der Waals surface area contributed by atoms with Crippen LogP contribution >= 0.6 is 35.0 Å². The van der Waals surface area contributed by atoms with Crippen molar-refractivity contribution >= 4 is 35.0 Å². The van der Waals surface area contributed by atoms with Gasteiger partial charge in [0.2, 0.25) is 0 Å². The van der Waals surface area contributed by atoms with Gasteiger partial charge in [0.25, 0.3) is 0 Å². The topological polar surface area (TPSA) is 30.7 Å². The van der Waals surface area contributed by atoms with Crippen molar-refractivity contribution in [1.29, 1.82) is 0 Å². The van der Waals surface area contributed by atoms with E-state index in [1.807, 2.05) is 48.0 Å². The first-order chi connectivity index (χ1) is 11.1. The van der Waals surface area contributed by atoms with Gasteiger partial charge in [-0.15, -0.1) is 10.2 Å². The predicted octanol–water partition coefficient (Wildman–Crippen LogP) is 5.01. The summed E-state index contributed by atoms with van der Waals surface area (Å²) in [5.41, 5.74) is 2.33. The van der Waals surface area contributed by atoms with E-state index in [1.165, 1.54) is 5.56 Å². The SMILES string of the molecule is Cn1c(Cc2ccccc2)nnc1SCc1ccc(Cl)c(Cl)c1. The number of hydrogen-bond acceptors (Lipinski definition) is 3. The third-order valence-electron chi connectivity index (χ3n) is 3.48. The lowest BCUT2D eigenvalue weighted by atomic mass is 10.1. The molecule has 0 bridgehead atoms. The van der Waals surface area contributed by atoms with Crippen molar-refractivity contribution in [3.8, 4) is 0 Å². The van der Waals surface area contributed by atoms with Gasteiger partial charge in [0, 0.05) is 19.2 Å². The van der Waals surface area contributed by atoms with E-state index in [-0.39, 0.29) is 0 Å². The zero-order valence-electron chi connectivity index (χ0n) is 12.5. The van der Waals surface area contributed by atoms with E-state index in [2.05, 4.69) is 22.3 Å². The molecule has 6 heteroatoms. The van der Waals surface area contributed by atoms with E-state index in [0.29, 0.717) is 10.0 Å². The van der Waals surface area contributed by atoms with E-state index in [0.717, 1.165) is 28.7 Å². The van der Waals surface area contributed by atoms with Crippen molar-refractivity contribution in [3.63, 3.8) is 0 Å². The highest BCUT2D eigenvalue weighted by molar-refractivity contribution is 7.98. The van der Waals surface area contributed by atoms with Crippen molar-refractivity contribution in [2.75, 3.05) is 0 Å². The van der Waals surface area contributed by atoms with Gasteiger partial charge in [-0.1, -0.05) is 71.4 Å². The molecule has 0 aliphatic rings. The predicted molar refractivity (Wildman–Crippen MR) is 96.3 cm³/mol. The summed E-state index contributed by atoms with van der Waals surface area (Å²) in [5.74, 6) is 1.72. The first-order valence-corrected chi connectivity index (χ1v) is 8.86. The van der Waals surface area contributed by atoms with E-state index in [1.54, 1.807) is 11.8 Å². The zero-order valence-corrected chi connectivity index (χ0v) is 14.9. The highest BCUT2D eigenvalue weighted by Gasteiger charge is 2.10. The Kier molecular flexibility index (Phi) is 5.26. The number of aromatic nitrogens is 3. The summed E-state index contributed by atoms with van der Waals surface area (Å²) in [4.78, 5) is 0. The van der Waals surface area contributed by atoms with E-state index in [9.17, 15) is 0 Å². The molecule has 3 rings (SSSR count). The van der Waals surface area contributed by atoms with Crippen LogP contribution in [-0.4, -0.2) is 14.8 Å². The Balaban J connectivity index is 1.68. The molecule has 1 heterocycles. The smallest absolute Gasteiger partial charge is 0.191 e. The number of thioether (sulfide) groups is 1. The molecule has 23 heavy (non-hydrogen) atoms. The van der Waals surface area contributed by atoms with Crippen molar-refractivity contribution in [2.24, 2.45) is 7.05 Å². The molecule has 118 valence electrons. The van der Waals surface area contributed by atoms with Gasteiger partial charge in [-0.05, 0) is 23.3 Å². The average molecular weight is 364 g/mol. The molecule has 0 aliphatic heterocycles. The minimum Gasteiger partial charge on any atom is -0.309 e. The second kappa shape index (κ2) is 7.39. The normalized spacial score (nSPS) is 10.9. The largest absolute Gasteiger partial charge is 0.309 e. The van der Waals surface area contributed by atoms with Crippen LogP contribution in [0.5, 0.6) is 0 Å². The van der Waals surface area contributed by atoms with Crippen LogP contribution < -0.4 is 0 Å². The van der Waals surface area contributed by atoms with Gasteiger partial charge in [0.15, 0.2) is 5.16 Å². The number of nitrogens with zero attached hydrogens (tertiary/aromatic N) is 3. The molecule has 0 fully saturated rings. The van der Waals surface area contributed by atoms with E-state index < -0.39 is 0 Å². The summed E-state index contributed by atoms with van der Waals surface area (Å²) in [5, 5.41) is 10.6. The van der Waals surface area contributed by atoms with Crippen molar-refractivity contribution in [3.05, 3.63) is 75.5 Å². The number of benzene rings is 2. The summed E-state index contributed by atoms with van der Waals surface area (Å²) < 4.78 is 2.04. The lowest BCUT2D eigenvalue weighted by Crippen LogP contribution is -2.00. The highest BCUT2D eigenvalue weighted by Crippen LogP contribution is 2.27. The third kappa shape index (κ3) is 4.08. The van der Waals surface area contributed by atoms with Crippen LogP contribution in [0.25, 0.3) is 0 Å². The Morgan fingerprint density at radius 3 is 2.48 bits per heavy atom. The van der Waals surface area contributed by atoms with Gasteiger partial charge in [0.1, 0.15) is 5.82 Å². The molecule has 1 aromatic heterocycles. The van der Waals surface area contributed by atoms with Crippen LogP contribution in [0.15, 0.2) is 53.7 Å². The number of halogens is 2. The minimum atomic E-state index is 0.573. The maximum Gasteiger partial charge on any atom is 0.191 e. The van der Waals surface area contributed by atoms with Crippen LogP contribution in [0.3, 0.4) is 0 Å². The Morgan fingerprint density at radius 2 is 1.74 bits per heavy atom. The van der Waals surface area contributed by atoms with Crippen molar-refractivity contribution in [2.45, 2.75) is 17.3 Å². The van der Waals surface area contributed by atoms with Crippen LogP contribution in [0.1, 0.15) is 17.0 Å². The molecule has 0 amide bonds. The molecule has 0 aliphatic carbocycles. The fourth-order valence-corrected chi connectivity index (χ4v) is 3.37. The molecular weight excluding hydrogens is 349 g/mol. The molecular formula is C17H15Cl2N3S. The van der Waals surface area contributed by atoms with Gasteiger partial charge in [-0.2, -0.15) is 0 Å². The molecule has 0 atom stereocenters. The van der Waals surface area contributed by atoms with Gasteiger partial charge < -0.3 is 4.57 Å². The van der Waals surface area contributed by atoms with Crippen LogP contribution in [0.2, 0.25) is 10.0 Å². The first kappa shape index (κ1) is 16.4. The maximum absolute atomic E-state index is 6.05. The van der Waals surface area contributed by atoms with Gasteiger partial charge in [-0.3, -0.25) is 0 Å². The second-order valence-electron chi connectivity index (χ2n) is 5.16. The molecule has 0 radical (unpaired) electrons. The summed E-state index contributed by atoms with van der Waals surface area (Å²) in [6, 6.07) is 15.9. The van der Waals surface area contributed by atoms with Crippen molar-refractivity contribution in [1.82, 2.24) is 14.8 Å². The maximum atomic E-state index is 6.05. The van der Waals surface area contributed by atoms with E-state index in [4.69, 9.17) is 23.2 Å². The van der Waals surface area contributed by atoms with Crippen LogP contribution in [0.4, 0.5) is 0 Å². The van der Waals surface area contributed by atoms with Gasteiger partial charge in [0.05, 0.1) is 10.0 Å². The molecule has 3 nitrogen and oxygen atoms in total. The quantitative estimate of drug-likeness (QED) is 0.597. The molecule has 0 N–H and O–H groups in total. The first-order valence-electron chi connectivity index (χ1n) is 7.12. The van der Waals surface area contributed by atoms with Crippen LogP contribution in [0, 0.1) is 0 Å². The molecule has 0 unspecified atom stereocenters. The monoisotopic (exact) mass is 363 g/mol.